The van der Waals surface area contributed by atoms with Gasteiger partial charge in [-0.25, -0.2) is 4.39 Å². The molecule has 9 heteroatoms. The van der Waals surface area contributed by atoms with Crippen molar-refractivity contribution in [3.05, 3.63) is 59.4 Å². The van der Waals surface area contributed by atoms with E-state index in [1.807, 2.05) is 13.8 Å². The second-order valence-corrected chi connectivity index (χ2v) is 8.97. The smallest absolute Gasteiger partial charge is 0.253 e. The zero-order chi connectivity index (χ0) is 24.9. The molecule has 1 fully saturated rings. The second-order valence-electron chi connectivity index (χ2n) is 8.97. The minimum absolute atomic E-state index is 0.0346. The molecule has 2 aromatic rings. The number of amides is 3. The first-order valence-corrected chi connectivity index (χ1v) is 11.9. The van der Waals surface area contributed by atoms with Crippen molar-refractivity contribution in [2.75, 3.05) is 19.9 Å². The number of hydrogen-bond acceptors (Lipinski definition) is 5. The van der Waals surface area contributed by atoms with E-state index in [1.54, 1.807) is 23.1 Å². The molecule has 3 amide bonds. The van der Waals surface area contributed by atoms with Gasteiger partial charge < -0.3 is 25.0 Å². The number of ether oxygens (including phenoxy) is 2. The van der Waals surface area contributed by atoms with E-state index >= 15 is 0 Å². The first kappa shape index (κ1) is 24.5. The fourth-order valence-electron chi connectivity index (χ4n) is 4.31. The molecule has 0 unspecified atom stereocenters. The summed E-state index contributed by atoms with van der Waals surface area (Å²) < 4.78 is 23.9. The van der Waals surface area contributed by atoms with Gasteiger partial charge in [0.1, 0.15) is 11.9 Å². The van der Waals surface area contributed by atoms with Crippen molar-refractivity contribution in [1.82, 2.24) is 15.5 Å². The first-order valence-electron chi connectivity index (χ1n) is 11.9. The standard InChI is InChI=1S/C26H30FN3O5/c1-3-16(2)28-25(32)23(29-24(31)19-6-9-21-22(14-19)35-15-34-21)17-10-12-30(13-11-17)26(33)18-4-7-20(27)8-5-18/h4-9,14,16-17,23H,3,10-13,15H2,1-2H3,(H,28,32)(H,29,31)/t16-,23-/m0/s1. The zero-order valence-corrected chi connectivity index (χ0v) is 19.9. The number of nitrogens with zero attached hydrogens (tertiary/aromatic N) is 1. The average molecular weight is 484 g/mol. The fourth-order valence-corrected chi connectivity index (χ4v) is 4.31. The van der Waals surface area contributed by atoms with Gasteiger partial charge in [0.2, 0.25) is 12.7 Å². The summed E-state index contributed by atoms with van der Waals surface area (Å²) in [4.78, 5) is 40.7. The normalized spacial score (nSPS) is 16.9. The predicted molar refractivity (Wildman–Crippen MR) is 127 cm³/mol. The highest BCUT2D eigenvalue weighted by Crippen LogP contribution is 2.32. The van der Waals surface area contributed by atoms with Gasteiger partial charge in [-0.2, -0.15) is 0 Å². The van der Waals surface area contributed by atoms with E-state index in [-0.39, 0.29) is 36.5 Å². The molecule has 0 bridgehead atoms. The van der Waals surface area contributed by atoms with Gasteiger partial charge >= 0.3 is 0 Å². The third kappa shape index (κ3) is 5.72. The fraction of sp³-hybridized carbons (Fsp3) is 0.423. The van der Waals surface area contributed by atoms with Crippen LogP contribution in [0, 0.1) is 11.7 Å². The van der Waals surface area contributed by atoms with Crippen molar-refractivity contribution in [1.29, 1.82) is 0 Å². The maximum atomic E-state index is 13.2. The van der Waals surface area contributed by atoms with Crippen LogP contribution >= 0.6 is 0 Å². The van der Waals surface area contributed by atoms with Crippen LogP contribution < -0.4 is 20.1 Å². The highest BCUT2D eigenvalue weighted by Gasteiger charge is 2.34. The summed E-state index contributed by atoms with van der Waals surface area (Å²) in [7, 11) is 0. The van der Waals surface area contributed by atoms with Crippen molar-refractivity contribution >= 4 is 17.7 Å². The number of likely N-dealkylation sites (tertiary alicyclic amines) is 1. The number of carbonyl (C=O) groups is 3. The second kappa shape index (κ2) is 10.8. The van der Waals surface area contributed by atoms with Gasteiger partial charge in [-0.15, -0.1) is 0 Å². The minimum atomic E-state index is -0.745. The van der Waals surface area contributed by atoms with Gasteiger partial charge in [-0.05, 0) is 74.6 Å². The Hall–Kier alpha value is -3.62. The number of hydrogen-bond donors (Lipinski definition) is 2. The van der Waals surface area contributed by atoms with E-state index in [0.717, 1.165) is 6.42 Å². The molecule has 2 aliphatic heterocycles. The maximum Gasteiger partial charge on any atom is 0.253 e. The summed E-state index contributed by atoms with van der Waals surface area (Å²) in [6, 6.07) is 9.60. The van der Waals surface area contributed by atoms with E-state index < -0.39 is 11.9 Å². The Balaban J connectivity index is 1.44. The van der Waals surface area contributed by atoms with Gasteiger partial charge in [0.15, 0.2) is 11.5 Å². The molecule has 1 saturated heterocycles. The van der Waals surface area contributed by atoms with Crippen LogP contribution in [0.4, 0.5) is 4.39 Å². The number of piperidine rings is 1. The van der Waals surface area contributed by atoms with Gasteiger partial charge in [-0.3, -0.25) is 14.4 Å². The summed E-state index contributed by atoms with van der Waals surface area (Å²) >= 11 is 0. The van der Waals surface area contributed by atoms with Crippen LogP contribution in [-0.2, 0) is 4.79 Å². The lowest BCUT2D eigenvalue weighted by atomic mass is 9.88. The molecule has 0 radical (unpaired) electrons. The molecular formula is C26H30FN3O5. The molecule has 2 heterocycles. The predicted octanol–water partition coefficient (Wildman–Crippen LogP) is 3.12. The molecule has 2 N–H and O–H groups in total. The third-order valence-electron chi connectivity index (χ3n) is 6.59. The Bertz CT molecular complexity index is 1080. The lowest BCUT2D eigenvalue weighted by Crippen LogP contribution is -2.55. The Morgan fingerprint density at radius 3 is 2.34 bits per heavy atom. The molecule has 0 saturated carbocycles. The van der Waals surface area contributed by atoms with E-state index in [9.17, 15) is 18.8 Å². The van der Waals surface area contributed by atoms with Gasteiger partial charge in [0.05, 0.1) is 0 Å². The number of fused-ring (bicyclic) bond motifs is 1. The van der Waals surface area contributed by atoms with Crippen LogP contribution in [0.3, 0.4) is 0 Å². The van der Waals surface area contributed by atoms with Crippen LogP contribution in [-0.4, -0.2) is 54.6 Å². The molecule has 2 atom stereocenters. The van der Waals surface area contributed by atoms with Gasteiger partial charge in [-0.1, -0.05) is 6.92 Å². The number of halogens is 1. The van der Waals surface area contributed by atoms with Gasteiger partial charge in [0.25, 0.3) is 11.8 Å². The van der Waals surface area contributed by atoms with Gasteiger partial charge in [0, 0.05) is 30.3 Å². The number of benzene rings is 2. The summed E-state index contributed by atoms with van der Waals surface area (Å²) in [5, 5.41) is 5.89. The van der Waals surface area contributed by atoms with Crippen LogP contribution in [0.5, 0.6) is 11.5 Å². The van der Waals surface area contributed by atoms with Crippen molar-refractivity contribution < 1.29 is 28.2 Å². The van der Waals surface area contributed by atoms with Crippen LogP contribution in [0.1, 0.15) is 53.8 Å². The molecule has 4 rings (SSSR count). The molecule has 2 aromatic carbocycles. The Morgan fingerprint density at radius 2 is 1.66 bits per heavy atom. The highest BCUT2D eigenvalue weighted by atomic mass is 19.1. The molecule has 0 aromatic heterocycles. The third-order valence-corrected chi connectivity index (χ3v) is 6.59. The van der Waals surface area contributed by atoms with Crippen LogP contribution in [0.2, 0.25) is 0 Å². The van der Waals surface area contributed by atoms with Crippen molar-refractivity contribution in [2.45, 2.75) is 45.2 Å². The largest absolute Gasteiger partial charge is 0.454 e. The monoisotopic (exact) mass is 483 g/mol. The maximum absolute atomic E-state index is 13.2. The van der Waals surface area contributed by atoms with Crippen molar-refractivity contribution in [2.24, 2.45) is 5.92 Å². The highest BCUT2D eigenvalue weighted by molar-refractivity contribution is 5.98. The van der Waals surface area contributed by atoms with E-state index in [0.29, 0.717) is 48.6 Å². The minimum Gasteiger partial charge on any atom is -0.454 e. The lowest BCUT2D eigenvalue weighted by Gasteiger charge is -2.36. The van der Waals surface area contributed by atoms with Crippen molar-refractivity contribution in [3.63, 3.8) is 0 Å². The number of nitrogens with one attached hydrogen (secondary N) is 2. The average Bonchev–Trinajstić information content (AvgIpc) is 3.35. The Kier molecular flexibility index (Phi) is 7.53. The summed E-state index contributed by atoms with van der Waals surface area (Å²) in [6.07, 6.45) is 1.86. The lowest BCUT2D eigenvalue weighted by molar-refractivity contribution is -0.125. The van der Waals surface area contributed by atoms with E-state index in [4.69, 9.17) is 9.47 Å². The first-order chi connectivity index (χ1) is 16.9. The topological polar surface area (TPSA) is 97.0 Å². The number of carbonyl (C=O) groups excluding carboxylic acids is 3. The molecule has 8 nitrogen and oxygen atoms in total. The number of rotatable bonds is 7. The summed E-state index contributed by atoms with van der Waals surface area (Å²) in [5.41, 5.74) is 0.798. The quantitative estimate of drug-likeness (QED) is 0.631. The Labute approximate surface area is 203 Å². The molecule has 0 spiro atoms. The van der Waals surface area contributed by atoms with Crippen LogP contribution in [0.25, 0.3) is 0 Å². The van der Waals surface area contributed by atoms with E-state index in [1.165, 1.54) is 24.3 Å². The SMILES string of the molecule is CC[C@H](C)NC(=O)[C@@H](NC(=O)c1ccc2c(c1)OCO2)C1CCN(C(=O)c2ccc(F)cc2)CC1. The van der Waals surface area contributed by atoms with Crippen LogP contribution in [0.15, 0.2) is 42.5 Å². The zero-order valence-electron chi connectivity index (χ0n) is 19.9. The Morgan fingerprint density at radius 1 is 1.00 bits per heavy atom. The summed E-state index contributed by atoms with van der Waals surface area (Å²) in [6.45, 7) is 4.88. The van der Waals surface area contributed by atoms with Crippen molar-refractivity contribution in [3.8, 4) is 11.5 Å². The molecular weight excluding hydrogens is 453 g/mol. The molecule has 2 aliphatic rings. The molecule has 35 heavy (non-hydrogen) atoms. The molecule has 186 valence electrons. The molecule has 0 aliphatic carbocycles. The summed E-state index contributed by atoms with van der Waals surface area (Å²) in [5.74, 6) is -0.262. The van der Waals surface area contributed by atoms with E-state index in [2.05, 4.69) is 10.6 Å².